The standard InChI is InChI=1S/C78H58BN3Si2/c1-8-29-57(30-9-1)81-73-49-28-50-76(84(63-37-16-5-17-38-63,64-39-18-6-19-40-64)65-41-20-7-21-42-65)78(73)79-69-45-24-27-48-72(69)80(74-55-59(56-75(81)77(74)79)82-70-46-25-22-43-67(70)68-44-23-26-47-71(68)82)58-51-53-66(54-52-58)83(60-31-10-2-11-32-60,61-33-12-3-13-34-61)62-35-14-4-15-36-62/h1-56,76,78H. The summed E-state index contributed by atoms with van der Waals surface area (Å²) in [6.07, 6.45) is 7.47. The van der Waals surface area contributed by atoms with Gasteiger partial charge in [-0.15, -0.1) is 0 Å². The van der Waals surface area contributed by atoms with Gasteiger partial charge in [-0.05, 0) is 119 Å². The van der Waals surface area contributed by atoms with Crippen LogP contribution >= 0.6 is 0 Å². The maximum Gasteiger partial charge on any atom is 0.226 e. The second-order valence-electron chi connectivity index (χ2n) is 22.6. The van der Waals surface area contributed by atoms with Crippen molar-refractivity contribution in [1.82, 2.24) is 4.57 Å². The van der Waals surface area contributed by atoms with Gasteiger partial charge in [-0.3, -0.25) is 0 Å². The molecule has 12 aromatic carbocycles. The first-order valence-corrected chi connectivity index (χ1v) is 33.5. The van der Waals surface area contributed by atoms with Crippen LogP contribution in [0.15, 0.2) is 345 Å². The third kappa shape index (κ3) is 7.57. The van der Waals surface area contributed by atoms with Crippen molar-refractivity contribution in [3.8, 4) is 5.69 Å². The van der Waals surface area contributed by atoms with E-state index in [1.54, 1.807) is 0 Å². The molecule has 2 aliphatic heterocycles. The Morgan fingerprint density at radius 2 is 0.714 bits per heavy atom. The van der Waals surface area contributed by atoms with E-state index in [1.165, 1.54) is 91.8 Å². The Kier molecular flexibility index (Phi) is 12.1. The van der Waals surface area contributed by atoms with Crippen LogP contribution in [-0.2, 0) is 0 Å². The van der Waals surface area contributed by atoms with Crippen LogP contribution < -0.4 is 57.0 Å². The lowest BCUT2D eigenvalue weighted by atomic mass is 9.29. The SMILES string of the molecule is C1=CC([Si](c2ccccc2)(c2ccccc2)c2ccccc2)C2B3c4ccccc4N(c4ccc([Si](c5ccccc5)(c5ccccc5)c5ccccc5)cc4)c4cc(-n5c6ccccc6c6ccccc65)cc(c43)N(c3ccccc3)C2=C1. The minimum absolute atomic E-state index is 0.00717. The monoisotopic (exact) mass is 1100 g/mol. The molecule has 0 amide bonds. The minimum Gasteiger partial charge on any atom is -0.315 e. The molecule has 2 atom stereocenters. The lowest BCUT2D eigenvalue weighted by molar-refractivity contribution is 0.868. The molecular formula is C78H58BN3Si2. The van der Waals surface area contributed by atoms with E-state index >= 15 is 0 Å². The Morgan fingerprint density at radius 1 is 0.321 bits per heavy atom. The van der Waals surface area contributed by atoms with Gasteiger partial charge in [0.2, 0.25) is 6.71 Å². The Labute approximate surface area is 494 Å². The molecule has 3 aliphatic rings. The molecule has 0 saturated heterocycles. The van der Waals surface area contributed by atoms with Crippen molar-refractivity contribution in [2.75, 3.05) is 9.80 Å². The predicted octanol–water partition coefficient (Wildman–Crippen LogP) is 13.1. The van der Waals surface area contributed by atoms with E-state index in [4.69, 9.17) is 0 Å². The third-order valence-electron chi connectivity index (χ3n) is 18.6. The molecule has 6 heteroatoms. The molecule has 0 spiro atoms. The van der Waals surface area contributed by atoms with Gasteiger partial charge in [0.15, 0.2) is 16.1 Å². The maximum atomic E-state index is 2.66. The van der Waals surface area contributed by atoms with Crippen LogP contribution in [0.2, 0.25) is 11.4 Å². The average molecular weight is 1100 g/mol. The number of hydrogen-bond donors (Lipinski definition) is 0. The van der Waals surface area contributed by atoms with Crippen LogP contribution in [0.25, 0.3) is 27.5 Å². The number of aromatic nitrogens is 1. The van der Waals surface area contributed by atoms with Crippen LogP contribution in [0, 0.1) is 0 Å². The van der Waals surface area contributed by atoms with Crippen molar-refractivity contribution in [1.29, 1.82) is 0 Å². The van der Waals surface area contributed by atoms with Gasteiger partial charge in [0.05, 0.1) is 16.7 Å². The van der Waals surface area contributed by atoms with Crippen molar-refractivity contribution in [2.24, 2.45) is 0 Å². The number of hydrogen-bond acceptors (Lipinski definition) is 2. The van der Waals surface area contributed by atoms with E-state index < -0.39 is 16.1 Å². The number of nitrogens with zero attached hydrogens (tertiary/aromatic N) is 3. The average Bonchev–Trinajstić information content (AvgIpc) is 0.866. The van der Waals surface area contributed by atoms with Gasteiger partial charge in [-0.1, -0.05) is 279 Å². The second kappa shape index (κ2) is 20.5. The molecule has 16 rings (SSSR count). The predicted molar refractivity (Wildman–Crippen MR) is 361 cm³/mol. The number of para-hydroxylation sites is 4. The second-order valence-corrected chi connectivity index (χ2v) is 30.5. The van der Waals surface area contributed by atoms with E-state index in [1.807, 2.05) is 0 Å². The fraction of sp³-hybridized carbons (Fsp3) is 0.0256. The van der Waals surface area contributed by atoms with Crippen LogP contribution in [0.1, 0.15) is 0 Å². The van der Waals surface area contributed by atoms with E-state index in [2.05, 4.69) is 354 Å². The number of benzene rings is 12. The summed E-state index contributed by atoms with van der Waals surface area (Å²) in [6, 6.07) is 122. The Bertz CT molecular complexity index is 4370. The lowest BCUT2D eigenvalue weighted by Gasteiger charge is -2.53. The number of fused-ring (bicyclic) bond motifs is 7. The zero-order valence-electron chi connectivity index (χ0n) is 46.4. The highest BCUT2D eigenvalue weighted by atomic mass is 28.3. The van der Waals surface area contributed by atoms with Crippen molar-refractivity contribution >= 4 is 120 Å². The summed E-state index contributed by atoms with van der Waals surface area (Å²) in [6.45, 7) is -0.0348. The summed E-state index contributed by atoms with van der Waals surface area (Å²) in [4.78, 5) is 5.27. The molecule has 13 aromatic rings. The molecule has 0 fully saturated rings. The van der Waals surface area contributed by atoms with Gasteiger partial charge in [0.1, 0.15) is 0 Å². The molecule has 0 N–H and O–H groups in total. The first-order valence-electron chi connectivity index (χ1n) is 29.5. The minimum atomic E-state index is -3.03. The molecule has 2 unspecified atom stereocenters. The normalized spacial score (nSPS) is 15.3. The summed E-state index contributed by atoms with van der Waals surface area (Å²) < 4.78 is 2.52. The van der Waals surface area contributed by atoms with Gasteiger partial charge in [-0.25, -0.2) is 0 Å². The Balaban J connectivity index is 1.00. The van der Waals surface area contributed by atoms with E-state index in [0.29, 0.717) is 0 Å². The quantitative estimate of drug-likeness (QED) is 0.0945. The Hall–Kier alpha value is -9.98. The summed E-state index contributed by atoms with van der Waals surface area (Å²) >= 11 is 0. The van der Waals surface area contributed by atoms with Gasteiger partial charge >= 0.3 is 0 Å². The maximum absolute atomic E-state index is 3.03. The molecule has 0 saturated carbocycles. The van der Waals surface area contributed by atoms with Crippen molar-refractivity contribution in [3.05, 3.63) is 345 Å². The van der Waals surface area contributed by atoms with Crippen molar-refractivity contribution < 1.29 is 0 Å². The molecule has 0 radical (unpaired) electrons. The fourth-order valence-electron chi connectivity index (χ4n) is 15.3. The lowest BCUT2D eigenvalue weighted by Crippen LogP contribution is -2.74. The molecule has 0 bridgehead atoms. The molecular weight excluding hydrogens is 1050 g/mol. The third-order valence-corrected chi connectivity index (χ3v) is 28.7. The molecule has 1 aliphatic carbocycles. The van der Waals surface area contributed by atoms with Crippen LogP contribution in [0.4, 0.5) is 28.4 Å². The first kappa shape index (κ1) is 49.8. The van der Waals surface area contributed by atoms with Crippen molar-refractivity contribution in [2.45, 2.75) is 11.4 Å². The van der Waals surface area contributed by atoms with Gasteiger partial charge < -0.3 is 14.4 Å². The molecule has 84 heavy (non-hydrogen) atoms. The van der Waals surface area contributed by atoms with Crippen molar-refractivity contribution in [3.63, 3.8) is 0 Å². The summed E-state index contributed by atoms with van der Waals surface area (Å²) in [5.74, 6) is 0.00717. The summed E-state index contributed by atoms with van der Waals surface area (Å²) in [7, 11) is -5.87. The molecule has 396 valence electrons. The largest absolute Gasteiger partial charge is 0.315 e. The van der Waals surface area contributed by atoms with Gasteiger partial charge in [0.25, 0.3) is 0 Å². The highest BCUT2D eigenvalue weighted by molar-refractivity contribution is 7.20. The zero-order chi connectivity index (χ0) is 55.6. The van der Waals surface area contributed by atoms with E-state index in [9.17, 15) is 0 Å². The number of allylic oxidation sites excluding steroid dienone is 4. The molecule has 3 nitrogen and oxygen atoms in total. The van der Waals surface area contributed by atoms with Crippen LogP contribution in [0.5, 0.6) is 0 Å². The summed E-state index contributed by atoms with van der Waals surface area (Å²) in [5, 5.41) is 12.1. The Morgan fingerprint density at radius 3 is 1.21 bits per heavy atom. The highest BCUT2D eigenvalue weighted by Gasteiger charge is 2.58. The van der Waals surface area contributed by atoms with Crippen LogP contribution in [0.3, 0.4) is 0 Å². The van der Waals surface area contributed by atoms with Gasteiger partial charge in [-0.2, -0.15) is 0 Å². The first-order chi connectivity index (χ1) is 41.7. The zero-order valence-corrected chi connectivity index (χ0v) is 48.4. The smallest absolute Gasteiger partial charge is 0.226 e. The van der Waals surface area contributed by atoms with E-state index in [-0.39, 0.29) is 18.1 Å². The fourth-order valence-corrected chi connectivity index (χ4v) is 25.7. The molecule has 1 aromatic heterocycles. The topological polar surface area (TPSA) is 11.4 Å². The molecule has 3 heterocycles. The summed E-state index contributed by atoms with van der Waals surface area (Å²) in [5.41, 5.74) is 13.4. The van der Waals surface area contributed by atoms with Gasteiger partial charge in [0, 0.05) is 44.9 Å². The number of anilines is 5. The number of rotatable bonds is 11. The highest BCUT2D eigenvalue weighted by Crippen LogP contribution is 2.55. The van der Waals surface area contributed by atoms with Crippen LogP contribution in [-0.4, -0.2) is 27.4 Å². The van der Waals surface area contributed by atoms with E-state index in [0.717, 1.165) is 17.1 Å².